The van der Waals surface area contributed by atoms with E-state index >= 15 is 0 Å². The maximum absolute atomic E-state index is 4.66. The molecule has 0 aromatic carbocycles. The average Bonchev–Trinajstić information content (AvgIpc) is 1.76. The number of rotatable bonds is 0. The zero-order chi connectivity index (χ0) is 3.54. The number of hydrogen-bond acceptors (Lipinski definition) is 2. The summed E-state index contributed by atoms with van der Waals surface area (Å²) in [5.74, 6) is 3.72. The molecule has 0 unspecified atom stereocenters. The zero-order valence-corrected chi connectivity index (χ0v) is 3.55. The Balaban J connectivity index is 2.08. The molecule has 1 heterocycles. The first kappa shape index (κ1) is 3.50. The highest BCUT2D eigenvalue weighted by Gasteiger charge is 1.97. The summed E-state index contributed by atoms with van der Waals surface area (Å²) in [5.41, 5.74) is 0. The van der Waals surface area contributed by atoms with Crippen molar-refractivity contribution in [1.82, 2.24) is 0 Å². The topological polar surface area (TPSA) is 9.23 Å². The second-order valence-corrected chi connectivity index (χ2v) is 1.64. The Labute approximate surface area is 35.7 Å². The van der Waals surface area contributed by atoms with Gasteiger partial charge in [-0.15, -0.1) is 11.8 Å². The fourth-order valence-corrected chi connectivity index (χ4v) is 0.625. The molecule has 28 valence electrons. The summed E-state index contributed by atoms with van der Waals surface area (Å²) < 4.78 is 4.66. The molecule has 5 heavy (non-hydrogen) atoms. The molecule has 0 spiro atoms. The van der Waals surface area contributed by atoms with Crippen molar-refractivity contribution >= 4 is 11.8 Å². The lowest BCUT2D eigenvalue weighted by Gasteiger charge is -1.72. The van der Waals surface area contributed by atoms with Gasteiger partial charge in [-0.05, 0) is 0 Å². The van der Waals surface area contributed by atoms with Gasteiger partial charge >= 0.3 is 0 Å². The van der Waals surface area contributed by atoms with Crippen LogP contribution in [0.3, 0.4) is 0 Å². The third-order valence-corrected chi connectivity index (χ3v) is 1.01. The first-order chi connectivity index (χ1) is 2.50. The van der Waals surface area contributed by atoms with Gasteiger partial charge in [0.25, 0.3) is 0 Å². The van der Waals surface area contributed by atoms with E-state index in [4.69, 9.17) is 0 Å². The van der Waals surface area contributed by atoms with E-state index < -0.39 is 0 Å². The Hall–Kier alpha value is 0.310. The molecule has 1 nitrogen and oxygen atoms in total. The lowest BCUT2D eigenvalue weighted by Crippen LogP contribution is -1.75. The van der Waals surface area contributed by atoms with Crippen molar-refractivity contribution in [2.24, 2.45) is 0 Å². The fourth-order valence-electron chi connectivity index (χ4n) is 0.208. The smallest absolute Gasteiger partial charge is 0.198 e. The first-order valence-corrected chi connectivity index (χ1v) is 2.47. The molecule has 0 aromatic rings. The van der Waals surface area contributed by atoms with Crippen molar-refractivity contribution in [1.29, 1.82) is 0 Å². The molecule has 0 aromatic heterocycles. The quantitative estimate of drug-likeness (QED) is 0.432. The van der Waals surface area contributed by atoms with Crippen molar-refractivity contribution in [3.8, 4) is 0 Å². The second-order valence-electron chi connectivity index (χ2n) is 0.780. The van der Waals surface area contributed by atoms with Gasteiger partial charge in [0, 0.05) is 5.75 Å². The molecule has 0 bridgehead atoms. The predicted molar refractivity (Wildman–Crippen MR) is 21.7 cm³/mol. The number of hydrogen-bond donors (Lipinski definition) is 0. The molecule has 2 heteroatoms. The van der Waals surface area contributed by atoms with Crippen LogP contribution >= 0.6 is 11.8 Å². The SMILES string of the molecule is [C]1OCCS1. The molecule has 1 saturated heterocycles. The van der Waals surface area contributed by atoms with Crippen LogP contribution in [0.15, 0.2) is 0 Å². The largest absolute Gasteiger partial charge is 0.355 e. The summed E-state index contributed by atoms with van der Waals surface area (Å²) in [4.78, 5) is 0. The van der Waals surface area contributed by atoms with Gasteiger partial charge in [-0.2, -0.15) is 0 Å². The highest BCUT2D eigenvalue weighted by Crippen LogP contribution is 2.12. The van der Waals surface area contributed by atoms with Crippen LogP contribution in [0.5, 0.6) is 0 Å². The minimum absolute atomic E-state index is 0.852. The Morgan fingerprint density at radius 2 is 2.80 bits per heavy atom. The lowest BCUT2D eigenvalue weighted by atomic mass is 10.9. The normalized spacial score (nSPS) is 24.0. The summed E-state index contributed by atoms with van der Waals surface area (Å²) in [6, 6.07) is 0. The standard InChI is InChI=1S/C3H4OS/c1-2-5-3-4-1/h1-2H2. The van der Waals surface area contributed by atoms with Crippen LogP contribution in [0.4, 0.5) is 0 Å². The Bertz CT molecular complexity index is 18.5. The minimum atomic E-state index is 0.852. The summed E-state index contributed by atoms with van der Waals surface area (Å²) in [7, 11) is 0. The molecular formula is C3H4OS. The second kappa shape index (κ2) is 1.67. The molecule has 2 radical (unpaired) electrons. The third-order valence-electron chi connectivity index (χ3n) is 0.405. The molecule has 0 saturated carbocycles. The number of thioether (sulfide) groups is 1. The van der Waals surface area contributed by atoms with Crippen LogP contribution in [-0.2, 0) is 4.74 Å². The lowest BCUT2D eigenvalue weighted by molar-refractivity contribution is 0.267. The van der Waals surface area contributed by atoms with Crippen LogP contribution in [0.2, 0.25) is 0 Å². The third kappa shape index (κ3) is 0.816. The molecule has 0 amide bonds. The van der Waals surface area contributed by atoms with Gasteiger partial charge in [-0.1, -0.05) is 0 Å². The first-order valence-electron chi connectivity index (χ1n) is 1.49. The Kier molecular flexibility index (Phi) is 1.17. The van der Waals surface area contributed by atoms with Crippen LogP contribution < -0.4 is 0 Å². The molecule has 0 atom stereocenters. The fraction of sp³-hybridized carbons (Fsp3) is 0.667. The van der Waals surface area contributed by atoms with Crippen molar-refractivity contribution < 1.29 is 4.74 Å². The molecule has 1 fully saturated rings. The van der Waals surface area contributed by atoms with Crippen LogP contribution in [0, 0.1) is 5.94 Å². The molecule has 1 aliphatic heterocycles. The maximum Gasteiger partial charge on any atom is 0.198 e. The van der Waals surface area contributed by atoms with Crippen molar-refractivity contribution in [3.63, 3.8) is 0 Å². The zero-order valence-electron chi connectivity index (χ0n) is 2.73. The van der Waals surface area contributed by atoms with E-state index in [2.05, 4.69) is 10.7 Å². The van der Waals surface area contributed by atoms with Crippen molar-refractivity contribution in [2.45, 2.75) is 0 Å². The Morgan fingerprint density at radius 3 is 3.00 bits per heavy atom. The summed E-state index contributed by atoms with van der Waals surface area (Å²) in [5, 5.41) is 0. The van der Waals surface area contributed by atoms with Crippen molar-refractivity contribution in [3.05, 3.63) is 5.94 Å². The molecule has 1 rings (SSSR count). The van der Waals surface area contributed by atoms with Gasteiger partial charge in [0.2, 0.25) is 0 Å². The van der Waals surface area contributed by atoms with Crippen LogP contribution in [-0.4, -0.2) is 12.4 Å². The van der Waals surface area contributed by atoms with Gasteiger partial charge in [0.05, 0.1) is 6.61 Å². The minimum Gasteiger partial charge on any atom is -0.355 e. The highest BCUT2D eigenvalue weighted by atomic mass is 32.2. The van der Waals surface area contributed by atoms with Gasteiger partial charge in [0.1, 0.15) is 0 Å². The number of ether oxygens (including phenoxy) is 1. The van der Waals surface area contributed by atoms with E-state index in [9.17, 15) is 0 Å². The van der Waals surface area contributed by atoms with Crippen LogP contribution in [0.25, 0.3) is 0 Å². The van der Waals surface area contributed by atoms with Gasteiger partial charge in [0.15, 0.2) is 5.94 Å². The predicted octanol–water partition coefficient (Wildman–Crippen LogP) is 0.746. The van der Waals surface area contributed by atoms with E-state index in [0.717, 1.165) is 12.4 Å². The maximum atomic E-state index is 4.66. The molecular weight excluding hydrogens is 84.1 g/mol. The van der Waals surface area contributed by atoms with Gasteiger partial charge in [-0.3, -0.25) is 0 Å². The van der Waals surface area contributed by atoms with Gasteiger partial charge in [-0.25, -0.2) is 0 Å². The van der Waals surface area contributed by atoms with E-state index in [1.807, 2.05) is 0 Å². The van der Waals surface area contributed by atoms with Gasteiger partial charge < -0.3 is 4.74 Å². The summed E-state index contributed by atoms with van der Waals surface area (Å²) >= 11 is 1.60. The Morgan fingerprint density at radius 1 is 1.80 bits per heavy atom. The summed E-state index contributed by atoms with van der Waals surface area (Å²) in [6.07, 6.45) is 0. The molecule has 0 N–H and O–H groups in total. The van der Waals surface area contributed by atoms with E-state index in [1.54, 1.807) is 11.8 Å². The van der Waals surface area contributed by atoms with E-state index in [1.165, 1.54) is 0 Å². The summed E-state index contributed by atoms with van der Waals surface area (Å²) in [6.45, 7) is 0.852. The van der Waals surface area contributed by atoms with E-state index in [-0.39, 0.29) is 0 Å². The van der Waals surface area contributed by atoms with E-state index in [0.29, 0.717) is 0 Å². The van der Waals surface area contributed by atoms with Crippen molar-refractivity contribution in [2.75, 3.05) is 12.4 Å². The highest BCUT2D eigenvalue weighted by molar-refractivity contribution is 8.01. The average molecular weight is 88.1 g/mol. The molecule has 1 aliphatic rings. The monoisotopic (exact) mass is 88.0 g/mol. The van der Waals surface area contributed by atoms with Crippen LogP contribution in [0.1, 0.15) is 0 Å². The molecule has 0 aliphatic carbocycles.